The maximum absolute atomic E-state index is 4.01. The van der Waals surface area contributed by atoms with E-state index in [4.69, 9.17) is 0 Å². The second-order valence-corrected chi connectivity index (χ2v) is 13.3. The van der Waals surface area contributed by atoms with E-state index in [-0.39, 0.29) is 0 Å². The Morgan fingerprint density at radius 1 is 0.531 bits per heavy atom. The minimum atomic E-state index is -2.42. The third kappa shape index (κ3) is 3.51. The van der Waals surface area contributed by atoms with Gasteiger partial charge in [-0.2, -0.15) is 0 Å². The molecule has 0 aromatic heterocycles. The Bertz CT molecular complexity index is 1230. The van der Waals surface area contributed by atoms with Crippen molar-refractivity contribution in [2.75, 3.05) is 0 Å². The van der Waals surface area contributed by atoms with E-state index in [0.29, 0.717) is 5.66 Å². The first-order valence-electron chi connectivity index (χ1n) is 11.1. The van der Waals surface area contributed by atoms with Crippen molar-refractivity contribution in [1.29, 1.82) is 0 Å². The van der Waals surface area contributed by atoms with Crippen LogP contribution in [-0.4, -0.2) is 0 Å². The van der Waals surface area contributed by atoms with Crippen LogP contribution in [0.1, 0.15) is 18.1 Å². The molecule has 0 saturated heterocycles. The average Bonchev–Trinajstić information content (AvgIpc) is 2.87. The van der Waals surface area contributed by atoms with Gasteiger partial charge in [-0.25, -0.2) is 0 Å². The van der Waals surface area contributed by atoms with Crippen LogP contribution in [0.5, 0.6) is 0 Å². The molecule has 0 amide bonds. The fourth-order valence-corrected chi connectivity index (χ4v) is 11.6. The van der Waals surface area contributed by atoms with Crippen LogP contribution in [0.3, 0.4) is 0 Å². The van der Waals surface area contributed by atoms with Crippen LogP contribution in [0, 0.1) is 0 Å². The van der Waals surface area contributed by atoms with Crippen LogP contribution < -0.4 is 15.9 Å². The van der Waals surface area contributed by atoms with Gasteiger partial charge in [0.05, 0.1) is 0 Å². The van der Waals surface area contributed by atoms with E-state index in [9.17, 15) is 0 Å². The molecule has 5 aromatic rings. The molecule has 1 unspecified atom stereocenters. The molecule has 0 aliphatic heterocycles. The van der Waals surface area contributed by atoms with Crippen molar-refractivity contribution in [2.45, 2.75) is 12.6 Å². The van der Waals surface area contributed by atoms with Crippen LogP contribution in [0.15, 0.2) is 132 Å². The predicted molar refractivity (Wildman–Crippen MR) is 147 cm³/mol. The number of fused-ring (bicyclic) bond motifs is 1. The van der Waals surface area contributed by atoms with Gasteiger partial charge in [-0.05, 0) is 0 Å². The van der Waals surface area contributed by atoms with Crippen molar-refractivity contribution in [3.8, 4) is 0 Å². The summed E-state index contributed by atoms with van der Waals surface area (Å²) in [6.07, 6.45) is 0. The zero-order valence-electron chi connectivity index (χ0n) is 18.1. The van der Waals surface area contributed by atoms with Gasteiger partial charge in [0.25, 0.3) is 0 Å². The van der Waals surface area contributed by atoms with Gasteiger partial charge >= 0.3 is 200 Å². The molecule has 0 radical (unpaired) electrons. The van der Waals surface area contributed by atoms with Crippen molar-refractivity contribution in [2.24, 2.45) is 0 Å². The minimum absolute atomic E-state index is 0.314. The fourth-order valence-electron chi connectivity index (χ4n) is 5.17. The van der Waals surface area contributed by atoms with Crippen molar-refractivity contribution >= 4 is 49.9 Å². The molecule has 0 fully saturated rings. The van der Waals surface area contributed by atoms with E-state index < -0.39 is 7.26 Å². The number of halogens is 1. The van der Waals surface area contributed by atoms with E-state index in [2.05, 4.69) is 150 Å². The molecule has 0 aliphatic rings. The van der Waals surface area contributed by atoms with Gasteiger partial charge in [0.1, 0.15) is 0 Å². The summed E-state index contributed by atoms with van der Waals surface area (Å²) in [5.41, 5.74) is 1.68. The van der Waals surface area contributed by atoms with Gasteiger partial charge in [-0.1, -0.05) is 0 Å². The van der Waals surface area contributed by atoms with Crippen molar-refractivity contribution in [1.82, 2.24) is 0 Å². The summed E-state index contributed by atoms with van der Waals surface area (Å²) in [4.78, 5) is 0. The molecule has 0 saturated carbocycles. The van der Waals surface area contributed by atoms with E-state index in [1.54, 1.807) is 0 Å². The second-order valence-electron chi connectivity index (χ2n) is 8.32. The first kappa shape index (κ1) is 21.1. The topological polar surface area (TPSA) is 0 Å². The Morgan fingerprint density at radius 3 is 1.47 bits per heavy atom. The molecule has 0 bridgehead atoms. The quantitative estimate of drug-likeness (QED) is 0.222. The molecule has 32 heavy (non-hydrogen) atoms. The summed E-state index contributed by atoms with van der Waals surface area (Å²) in [5, 5.41) is 6.84. The van der Waals surface area contributed by atoms with Gasteiger partial charge in [0, 0.05) is 0 Å². The molecule has 1 atom stereocenters. The Hall–Kier alpha value is -2.73. The van der Waals surface area contributed by atoms with Crippen LogP contribution in [0.2, 0.25) is 0 Å². The Labute approximate surface area is 199 Å². The van der Waals surface area contributed by atoms with E-state index in [1.165, 1.54) is 36.7 Å². The third-order valence-corrected chi connectivity index (χ3v) is 12.9. The van der Waals surface area contributed by atoms with Crippen LogP contribution in [0.4, 0.5) is 0 Å². The first-order chi connectivity index (χ1) is 15.7. The molecular weight excluding hydrogens is 471 g/mol. The molecular formula is C30H26BrP. The summed E-state index contributed by atoms with van der Waals surface area (Å²) in [6.45, 7) is 2.42. The zero-order valence-corrected chi connectivity index (χ0v) is 20.7. The van der Waals surface area contributed by atoms with E-state index in [0.717, 1.165) is 0 Å². The van der Waals surface area contributed by atoms with Crippen LogP contribution in [0.25, 0.3) is 10.8 Å². The third-order valence-electron chi connectivity index (χ3n) is 6.70. The SMILES string of the molecule is CC(c1ccc2ccccc2c1Br)[PH](c1ccccc1)(c1ccccc1)c1ccccc1. The standard InChI is InChI=1S/C30H26BrP/c1-23(28-22-21-24-13-11-12-20-29(24)30(28)31)32(25-14-5-2-6-15-25,26-16-7-3-8-17-26)27-18-9-4-10-19-27/h2-23,32H,1H3. The molecule has 0 N–H and O–H groups in total. The molecule has 0 aliphatic carbocycles. The zero-order chi connectivity index (χ0) is 22.0. The molecule has 5 rings (SSSR count). The molecule has 0 heterocycles. The summed E-state index contributed by atoms with van der Waals surface area (Å²) in [7, 11) is -2.42. The molecule has 0 nitrogen and oxygen atoms in total. The van der Waals surface area contributed by atoms with E-state index >= 15 is 0 Å². The number of rotatable bonds is 5. The van der Waals surface area contributed by atoms with Crippen LogP contribution >= 0.6 is 23.2 Å². The van der Waals surface area contributed by atoms with Gasteiger partial charge in [0.2, 0.25) is 0 Å². The number of hydrogen-bond donors (Lipinski definition) is 0. The predicted octanol–water partition coefficient (Wildman–Crippen LogP) is 7.39. The Morgan fingerprint density at radius 2 is 0.969 bits per heavy atom. The summed E-state index contributed by atoms with van der Waals surface area (Å²) < 4.78 is 1.21. The van der Waals surface area contributed by atoms with Crippen molar-refractivity contribution < 1.29 is 0 Å². The normalized spacial score (nSPS) is 13.1. The Balaban J connectivity index is 1.85. The van der Waals surface area contributed by atoms with E-state index in [1.807, 2.05) is 0 Å². The molecule has 2 heteroatoms. The summed E-state index contributed by atoms with van der Waals surface area (Å²) in [5.74, 6) is 0. The first-order valence-corrected chi connectivity index (χ1v) is 13.9. The molecule has 5 aromatic carbocycles. The van der Waals surface area contributed by atoms with Gasteiger partial charge in [0.15, 0.2) is 0 Å². The van der Waals surface area contributed by atoms with Crippen molar-refractivity contribution in [3.05, 3.63) is 137 Å². The fraction of sp³-hybridized carbons (Fsp3) is 0.0667. The van der Waals surface area contributed by atoms with Crippen molar-refractivity contribution in [3.63, 3.8) is 0 Å². The summed E-state index contributed by atoms with van der Waals surface area (Å²) >= 11 is 4.01. The average molecular weight is 497 g/mol. The molecule has 0 spiro atoms. The second kappa shape index (κ2) is 9.02. The monoisotopic (exact) mass is 496 g/mol. The van der Waals surface area contributed by atoms with Gasteiger partial charge < -0.3 is 0 Å². The Kier molecular flexibility index (Phi) is 5.96. The summed E-state index contributed by atoms with van der Waals surface area (Å²) in [6, 6.07) is 46.7. The maximum atomic E-state index is 4.01. The van der Waals surface area contributed by atoms with Gasteiger partial charge in [-0.3, -0.25) is 0 Å². The molecule has 158 valence electrons. The number of hydrogen-bond acceptors (Lipinski definition) is 0. The van der Waals surface area contributed by atoms with Gasteiger partial charge in [-0.15, -0.1) is 0 Å². The van der Waals surface area contributed by atoms with Crippen LogP contribution in [-0.2, 0) is 0 Å². The number of benzene rings is 5.